The fourth-order valence-electron chi connectivity index (χ4n) is 3.08. The third kappa shape index (κ3) is 1.01. The summed E-state index contributed by atoms with van der Waals surface area (Å²) in [4.78, 5) is 13.4. The average Bonchev–Trinajstić information content (AvgIpc) is 2.73. The van der Waals surface area contributed by atoms with Gasteiger partial charge in [-0.2, -0.15) is 0 Å². The summed E-state index contributed by atoms with van der Waals surface area (Å²) in [5.74, 6) is 0.0313. The van der Waals surface area contributed by atoms with Gasteiger partial charge < -0.3 is 10.0 Å². The fraction of sp³-hybridized carbons (Fsp3) is 0.727. The summed E-state index contributed by atoms with van der Waals surface area (Å²) < 4.78 is 0. The van der Waals surface area contributed by atoms with Crippen LogP contribution in [0.2, 0.25) is 0 Å². The lowest BCUT2D eigenvalue weighted by Crippen LogP contribution is -2.49. The van der Waals surface area contributed by atoms with Crippen molar-refractivity contribution in [1.82, 2.24) is 0 Å². The fourth-order valence-corrected chi connectivity index (χ4v) is 3.08. The van der Waals surface area contributed by atoms with Gasteiger partial charge in [0.1, 0.15) is 5.69 Å². The smallest absolute Gasteiger partial charge is 0.249 e. The minimum Gasteiger partial charge on any atom is -0.503 e. The monoisotopic (exact) mass is 193 g/mol. The van der Waals surface area contributed by atoms with Gasteiger partial charge in [-0.05, 0) is 38.5 Å². The van der Waals surface area contributed by atoms with Crippen LogP contribution < -0.4 is 10.3 Å². The second-order valence-electron chi connectivity index (χ2n) is 4.60. The summed E-state index contributed by atoms with van der Waals surface area (Å²) >= 11 is 0. The summed E-state index contributed by atoms with van der Waals surface area (Å²) in [6, 6.07) is 1.07. The van der Waals surface area contributed by atoms with Gasteiger partial charge in [-0.25, -0.2) is 0 Å². The molecule has 0 unspecified atom stereocenters. The van der Waals surface area contributed by atoms with Crippen molar-refractivity contribution in [3.63, 3.8) is 0 Å². The van der Waals surface area contributed by atoms with Crippen molar-refractivity contribution < 1.29 is 5.11 Å². The Morgan fingerprint density at radius 3 is 1.86 bits per heavy atom. The van der Waals surface area contributed by atoms with Gasteiger partial charge in [0, 0.05) is 12.1 Å². The highest BCUT2D eigenvalue weighted by Crippen LogP contribution is 2.42. The van der Waals surface area contributed by atoms with Crippen molar-refractivity contribution in [2.24, 2.45) is 0 Å². The second kappa shape index (κ2) is 2.75. The highest BCUT2D eigenvalue weighted by molar-refractivity contribution is 5.72. The number of nitrogens with zero attached hydrogens (tertiary/aromatic N) is 1. The number of hydrogen-bond donors (Lipinski definition) is 1. The standard InChI is InChI=1S/C11H15NO2/c13-10-9(11(10)14)12-7-3-1-4-8(12)6-2-5-7/h7-8,13H,1-6H2. The maximum atomic E-state index is 11.2. The van der Waals surface area contributed by atoms with E-state index >= 15 is 0 Å². The summed E-state index contributed by atoms with van der Waals surface area (Å²) in [6.45, 7) is 0. The highest BCUT2D eigenvalue weighted by atomic mass is 16.3. The van der Waals surface area contributed by atoms with Crippen LogP contribution in [0.4, 0.5) is 5.69 Å². The molecule has 0 atom stereocenters. The molecule has 0 saturated carbocycles. The molecule has 2 aliphatic rings. The highest BCUT2D eigenvalue weighted by Gasteiger charge is 2.40. The van der Waals surface area contributed by atoms with Crippen LogP contribution in [-0.2, 0) is 0 Å². The van der Waals surface area contributed by atoms with Crippen molar-refractivity contribution >= 4 is 5.69 Å². The predicted molar refractivity (Wildman–Crippen MR) is 54.5 cm³/mol. The van der Waals surface area contributed by atoms with E-state index in [1.807, 2.05) is 0 Å². The van der Waals surface area contributed by atoms with E-state index in [0.29, 0.717) is 17.8 Å². The van der Waals surface area contributed by atoms with Crippen LogP contribution >= 0.6 is 0 Å². The number of hydrogen-bond acceptors (Lipinski definition) is 3. The molecule has 3 rings (SSSR count). The zero-order chi connectivity index (χ0) is 9.71. The van der Waals surface area contributed by atoms with Crippen molar-refractivity contribution in [1.29, 1.82) is 0 Å². The molecule has 2 bridgehead atoms. The molecule has 0 aliphatic carbocycles. The molecule has 0 radical (unpaired) electrons. The Kier molecular flexibility index (Phi) is 1.64. The van der Waals surface area contributed by atoms with Crippen molar-refractivity contribution in [2.75, 3.05) is 4.90 Å². The van der Waals surface area contributed by atoms with Crippen molar-refractivity contribution in [3.8, 4) is 5.75 Å². The van der Waals surface area contributed by atoms with Crippen LogP contribution in [0.25, 0.3) is 0 Å². The Morgan fingerprint density at radius 2 is 1.50 bits per heavy atom. The molecule has 2 fully saturated rings. The zero-order valence-corrected chi connectivity index (χ0v) is 8.20. The molecule has 3 heteroatoms. The minimum atomic E-state index is -0.108. The summed E-state index contributed by atoms with van der Waals surface area (Å²) in [6.07, 6.45) is 7.35. The van der Waals surface area contributed by atoms with Crippen molar-refractivity contribution in [3.05, 3.63) is 10.2 Å². The summed E-state index contributed by atoms with van der Waals surface area (Å²) in [7, 11) is 0. The lowest BCUT2D eigenvalue weighted by atomic mass is 9.85. The SMILES string of the molecule is O=c1c(O)c1N1C2CCCC1CCC2. The van der Waals surface area contributed by atoms with Gasteiger partial charge in [0.05, 0.1) is 0 Å². The number of piperidine rings is 2. The molecule has 3 nitrogen and oxygen atoms in total. The van der Waals surface area contributed by atoms with E-state index in [-0.39, 0.29) is 11.2 Å². The van der Waals surface area contributed by atoms with Gasteiger partial charge in [0.15, 0.2) is 5.75 Å². The summed E-state index contributed by atoms with van der Waals surface area (Å²) in [5.41, 5.74) is 0.531. The normalized spacial score (nSPS) is 32.4. The molecule has 2 aliphatic heterocycles. The van der Waals surface area contributed by atoms with E-state index in [2.05, 4.69) is 4.90 Å². The first-order valence-corrected chi connectivity index (χ1v) is 5.55. The quantitative estimate of drug-likeness (QED) is 0.735. The topological polar surface area (TPSA) is 40.5 Å². The largest absolute Gasteiger partial charge is 0.503 e. The van der Waals surface area contributed by atoms with E-state index in [4.69, 9.17) is 0 Å². The molecule has 0 aromatic heterocycles. The molecule has 2 heterocycles. The molecular formula is C11H15NO2. The molecule has 1 aromatic rings. The van der Waals surface area contributed by atoms with Gasteiger partial charge in [-0.1, -0.05) is 0 Å². The average molecular weight is 193 g/mol. The maximum Gasteiger partial charge on any atom is 0.249 e. The number of aromatic hydroxyl groups is 1. The van der Waals surface area contributed by atoms with Crippen LogP contribution in [0, 0.1) is 0 Å². The van der Waals surface area contributed by atoms with Crippen molar-refractivity contribution in [2.45, 2.75) is 50.6 Å². The Balaban J connectivity index is 1.90. The van der Waals surface area contributed by atoms with Crippen LogP contribution in [0.1, 0.15) is 38.5 Å². The molecule has 0 amide bonds. The first-order valence-electron chi connectivity index (χ1n) is 5.55. The lowest BCUT2D eigenvalue weighted by molar-refractivity contribution is 0.296. The Bertz CT molecular complexity index is 343. The molecule has 1 N–H and O–H groups in total. The zero-order valence-electron chi connectivity index (χ0n) is 8.20. The lowest BCUT2D eigenvalue weighted by Gasteiger charge is -2.45. The van der Waals surface area contributed by atoms with E-state index in [1.165, 1.54) is 38.5 Å². The predicted octanol–water partition coefficient (Wildman–Crippen LogP) is 1.54. The maximum absolute atomic E-state index is 11.2. The van der Waals surface area contributed by atoms with E-state index in [1.54, 1.807) is 0 Å². The molecular weight excluding hydrogens is 178 g/mol. The van der Waals surface area contributed by atoms with Gasteiger partial charge in [0.2, 0.25) is 5.43 Å². The van der Waals surface area contributed by atoms with Gasteiger partial charge in [-0.3, -0.25) is 4.79 Å². The Morgan fingerprint density at radius 1 is 1.07 bits per heavy atom. The molecule has 0 spiro atoms. The van der Waals surface area contributed by atoms with Crippen LogP contribution in [0.5, 0.6) is 5.75 Å². The third-order valence-electron chi connectivity index (χ3n) is 3.79. The number of rotatable bonds is 1. The Labute approximate surface area is 83.0 Å². The molecule has 76 valence electrons. The molecule has 1 aromatic carbocycles. The molecule has 2 saturated heterocycles. The van der Waals surface area contributed by atoms with E-state index < -0.39 is 0 Å². The minimum absolute atomic E-state index is 0.0313. The van der Waals surface area contributed by atoms with Crippen LogP contribution in [-0.4, -0.2) is 17.2 Å². The van der Waals surface area contributed by atoms with Gasteiger partial charge >= 0.3 is 0 Å². The third-order valence-corrected chi connectivity index (χ3v) is 3.79. The second-order valence-corrected chi connectivity index (χ2v) is 4.60. The first kappa shape index (κ1) is 8.33. The number of anilines is 1. The molecule has 14 heavy (non-hydrogen) atoms. The number of fused-ring (bicyclic) bond motifs is 2. The Hall–Kier alpha value is -0.990. The van der Waals surface area contributed by atoms with Gasteiger partial charge in [0.25, 0.3) is 0 Å². The van der Waals surface area contributed by atoms with Gasteiger partial charge in [-0.15, -0.1) is 0 Å². The summed E-state index contributed by atoms with van der Waals surface area (Å²) in [5, 5.41) is 9.29. The van der Waals surface area contributed by atoms with Crippen LogP contribution in [0.15, 0.2) is 4.79 Å². The van der Waals surface area contributed by atoms with E-state index in [9.17, 15) is 9.90 Å². The van der Waals surface area contributed by atoms with Crippen LogP contribution in [0.3, 0.4) is 0 Å². The first-order chi connectivity index (χ1) is 6.79. The van der Waals surface area contributed by atoms with E-state index in [0.717, 1.165) is 0 Å².